The molecule has 0 aliphatic carbocycles. The number of carbonyl (C=O) groups excluding carboxylic acids is 1. The molecule has 1 N–H and O–H groups in total. The van der Waals surface area contributed by atoms with Crippen LogP contribution in [-0.2, 0) is 6.54 Å². The predicted octanol–water partition coefficient (Wildman–Crippen LogP) is 3.51. The Kier molecular flexibility index (Phi) is 3.29. The van der Waals surface area contributed by atoms with Crippen molar-refractivity contribution < 1.29 is 9.21 Å². The molecular formula is C15H9ClN4O2S. The number of furan rings is 1. The number of aromatic nitrogens is 2. The number of amides is 1. The number of benzene rings is 1. The van der Waals surface area contributed by atoms with Crippen molar-refractivity contribution in [3.8, 4) is 6.07 Å². The highest BCUT2D eigenvalue weighted by Gasteiger charge is 2.24. The van der Waals surface area contributed by atoms with Gasteiger partial charge >= 0.3 is 0 Å². The molecule has 0 unspecified atom stereocenters. The molecule has 0 saturated heterocycles. The number of nitrogens with zero attached hydrogens (tertiary/aromatic N) is 3. The Labute approximate surface area is 140 Å². The molecule has 0 atom stereocenters. The molecule has 4 rings (SSSR count). The van der Waals surface area contributed by atoms with E-state index in [2.05, 4.69) is 16.4 Å². The molecule has 8 heteroatoms. The molecule has 0 saturated carbocycles. The lowest BCUT2D eigenvalue weighted by Crippen LogP contribution is -2.12. The fourth-order valence-corrected chi connectivity index (χ4v) is 3.61. The third-order valence-corrected chi connectivity index (χ3v) is 4.71. The number of hydrogen-bond acceptors (Lipinski definition) is 5. The van der Waals surface area contributed by atoms with Crippen LogP contribution >= 0.6 is 23.4 Å². The van der Waals surface area contributed by atoms with Crippen LogP contribution in [0.3, 0.4) is 0 Å². The molecule has 3 aromatic rings. The van der Waals surface area contributed by atoms with Crippen LogP contribution < -0.4 is 5.32 Å². The number of anilines is 1. The van der Waals surface area contributed by atoms with Crippen LogP contribution in [0.5, 0.6) is 0 Å². The zero-order valence-electron chi connectivity index (χ0n) is 11.7. The van der Waals surface area contributed by atoms with E-state index in [4.69, 9.17) is 16.0 Å². The van der Waals surface area contributed by atoms with E-state index < -0.39 is 5.91 Å². The largest absolute Gasteiger partial charge is 0.451 e. The van der Waals surface area contributed by atoms with Gasteiger partial charge in [-0.1, -0.05) is 23.4 Å². The van der Waals surface area contributed by atoms with E-state index in [-0.39, 0.29) is 11.6 Å². The van der Waals surface area contributed by atoms with Crippen molar-refractivity contribution >= 4 is 46.1 Å². The number of thioether (sulfide) groups is 1. The Hall–Kier alpha value is -2.43. The van der Waals surface area contributed by atoms with Gasteiger partial charge in [0.2, 0.25) is 0 Å². The van der Waals surface area contributed by atoms with Crippen LogP contribution in [0, 0.1) is 11.3 Å². The molecule has 3 heterocycles. The van der Waals surface area contributed by atoms with E-state index in [1.807, 2.05) is 0 Å². The van der Waals surface area contributed by atoms with Crippen LogP contribution in [0.15, 0.2) is 33.8 Å². The average Bonchev–Trinajstić information content (AvgIpc) is 3.19. The van der Waals surface area contributed by atoms with Crippen molar-refractivity contribution in [1.29, 1.82) is 5.26 Å². The highest BCUT2D eigenvalue weighted by atomic mass is 35.5. The average molecular weight is 345 g/mol. The lowest BCUT2D eigenvalue weighted by molar-refractivity contribution is 0.0998. The molecule has 0 radical (unpaired) electrons. The first-order valence-electron chi connectivity index (χ1n) is 6.79. The number of rotatable bonds is 2. The normalized spacial score (nSPS) is 13.0. The monoisotopic (exact) mass is 344 g/mol. The molecule has 0 bridgehead atoms. The maximum Gasteiger partial charge on any atom is 0.292 e. The Morgan fingerprint density at radius 1 is 1.48 bits per heavy atom. The van der Waals surface area contributed by atoms with Crippen molar-refractivity contribution in [2.75, 3.05) is 11.1 Å². The number of hydrogen-bond donors (Lipinski definition) is 1. The van der Waals surface area contributed by atoms with E-state index >= 15 is 0 Å². The summed E-state index contributed by atoms with van der Waals surface area (Å²) in [6, 6.07) is 8.83. The fraction of sp³-hybridized carbons (Fsp3) is 0.133. The molecule has 2 aromatic heterocycles. The Balaban J connectivity index is 1.66. The van der Waals surface area contributed by atoms with Gasteiger partial charge in [-0.15, -0.1) is 0 Å². The molecule has 6 nitrogen and oxygen atoms in total. The minimum Gasteiger partial charge on any atom is -0.451 e. The molecule has 1 aliphatic rings. The Bertz CT molecular complexity index is 985. The van der Waals surface area contributed by atoms with Crippen molar-refractivity contribution in [3.63, 3.8) is 0 Å². The zero-order valence-corrected chi connectivity index (χ0v) is 13.2. The molecule has 1 amide bonds. The lowest BCUT2D eigenvalue weighted by Gasteiger charge is -2.00. The topological polar surface area (TPSA) is 83.8 Å². The highest BCUT2D eigenvalue weighted by Crippen LogP contribution is 2.30. The first-order chi connectivity index (χ1) is 11.2. The fourth-order valence-electron chi connectivity index (χ4n) is 2.47. The second-order valence-corrected chi connectivity index (χ2v) is 6.45. The van der Waals surface area contributed by atoms with Crippen LogP contribution in [0.1, 0.15) is 16.2 Å². The van der Waals surface area contributed by atoms with Gasteiger partial charge in [0.05, 0.1) is 0 Å². The second-order valence-electron chi connectivity index (χ2n) is 4.95. The number of halogens is 1. The minimum atomic E-state index is -0.449. The van der Waals surface area contributed by atoms with Gasteiger partial charge in [-0.3, -0.25) is 4.79 Å². The van der Waals surface area contributed by atoms with E-state index in [1.165, 1.54) is 0 Å². The molecule has 23 heavy (non-hydrogen) atoms. The number of fused-ring (bicyclic) bond motifs is 2. The third-order valence-electron chi connectivity index (χ3n) is 3.52. The molecule has 0 fully saturated rings. The van der Waals surface area contributed by atoms with Crippen LogP contribution in [0.2, 0.25) is 5.02 Å². The van der Waals surface area contributed by atoms with E-state index in [0.717, 1.165) is 22.8 Å². The van der Waals surface area contributed by atoms with Crippen LogP contribution in [0.4, 0.5) is 5.82 Å². The van der Waals surface area contributed by atoms with Crippen LogP contribution in [0.25, 0.3) is 11.0 Å². The van der Waals surface area contributed by atoms with Gasteiger partial charge in [0.15, 0.2) is 22.4 Å². The predicted molar refractivity (Wildman–Crippen MR) is 86.8 cm³/mol. The molecular weight excluding hydrogens is 336 g/mol. The van der Waals surface area contributed by atoms with E-state index in [9.17, 15) is 10.1 Å². The van der Waals surface area contributed by atoms with Gasteiger partial charge in [0, 0.05) is 22.7 Å². The summed E-state index contributed by atoms with van der Waals surface area (Å²) < 4.78 is 7.32. The second kappa shape index (κ2) is 5.33. The van der Waals surface area contributed by atoms with Crippen LogP contribution in [-0.4, -0.2) is 21.2 Å². The summed E-state index contributed by atoms with van der Waals surface area (Å²) in [5.41, 5.74) is 0.931. The number of imidazole rings is 1. The molecule has 1 aliphatic heterocycles. The van der Waals surface area contributed by atoms with E-state index in [0.29, 0.717) is 16.3 Å². The molecule has 0 spiro atoms. The van der Waals surface area contributed by atoms with Gasteiger partial charge in [0.25, 0.3) is 5.91 Å². The SMILES string of the molecule is N#Cc1c(NC(=O)c2cc3cc(Cl)ccc3o2)nc2n1CCS2. The molecule has 1 aromatic carbocycles. The number of carbonyl (C=O) groups is 1. The van der Waals surface area contributed by atoms with Gasteiger partial charge < -0.3 is 14.3 Å². The van der Waals surface area contributed by atoms with Gasteiger partial charge in [0.1, 0.15) is 11.7 Å². The summed E-state index contributed by atoms with van der Waals surface area (Å²) >= 11 is 7.48. The van der Waals surface area contributed by atoms with Crippen molar-refractivity contribution in [3.05, 3.63) is 40.7 Å². The summed E-state index contributed by atoms with van der Waals surface area (Å²) in [5.74, 6) is 0.844. The van der Waals surface area contributed by atoms with Crippen molar-refractivity contribution in [2.45, 2.75) is 11.7 Å². The minimum absolute atomic E-state index is 0.145. The summed E-state index contributed by atoms with van der Waals surface area (Å²) in [7, 11) is 0. The van der Waals surface area contributed by atoms with Gasteiger partial charge in [-0.05, 0) is 24.3 Å². The van der Waals surface area contributed by atoms with Gasteiger partial charge in [-0.25, -0.2) is 4.98 Å². The highest BCUT2D eigenvalue weighted by molar-refractivity contribution is 7.99. The summed E-state index contributed by atoms with van der Waals surface area (Å²) in [4.78, 5) is 16.7. The molecule has 114 valence electrons. The van der Waals surface area contributed by atoms with Crippen molar-refractivity contribution in [1.82, 2.24) is 9.55 Å². The smallest absolute Gasteiger partial charge is 0.292 e. The van der Waals surface area contributed by atoms with Gasteiger partial charge in [-0.2, -0.15) is 5.26 Å². The quantitative estimate of drug-likeness (QED) is 0.769. The lowest BCUT2D eigenvalue weighted by atomic mass is 10.2. The maximum atomic E-state index is 12.4. The maximum absolute atomic E-state index is 12.4. The summed E-state index contributed by atoms with van der Waals surface area (Å²) in [6.07, 6.45) is 0. The Morgan fingerprint density at radius 3 is 3.17 bits per heavy atom. The third kappa shape index (κ3) is 2.36. The summed E-state index contributed by atoms with van der Waals surface area (Å²) in [5, 5.41) is 14.0. The number of nitrogens with one attached hydrogen (secondary N) is 1. The first-order valence-corrected chi connectivity index (χ1v) is 8.16. The van der Waals surface area contributed by atoms with E-state index in [1.54, 1.807) is 40.6 Å². The zero-order chi connectivity index (χ0) is 16.0. The standard InChI is InChI=1S/C15H9ClN4O2S/c16-9-1-2-11-8(5-9)6-12(22-11)14(21)18-13-10(7-17)20-3-4-23-15(20)19-13/h1-2,5-6H,3-4H2,(H,18,21). The number of nitriles is 1. The van der Waals surface area contributed by atoms with Crippen molar-refractivity contribution in [2.24, 2.45) is 0 Å². The summed E-state index contributed by atoms with van der Waals surface area (Å²) in [6.45, 7) is 0.717. The Morgan fingerprint density at radius 2 is 2.35 bits per heavy atom. The first kappa shape index (κ1) is 14.2.